The van der Waals surface area contributed by atoms with Crippen molar-refractivity contribution in [2.75, 3.05) is 18.0 Å². The predicted octanol–water partition coefficient (Wildman–Crippen LogP) is 1.56. The van der Waals surface area contributed by atoms with Crippen LogP contribution in [0.25, 0.3) is 10.9 Å². The Bertz CT molecular complexity index is 512. The number of rotatable bonds is 1. The fraction of sp³-hybridized carbons (Fsp3) is 0.385. The molecule has 1 fully saturated rings. The van der Waals surface area contributed by atoms with Gasteiger partial charge in [-0.1, -0.05) is 0 Å². The fourth-order valence-corrected chi connectivity index (χ4v) is 2.35. The van der Waals surface area contributed by atoms with Crippen molar-refractivity contribution in [3.05, 3.63) is 30.6 Å². The van der Waals surface area contributed by atoms with Gasteiger partial charge in [0.15, 0.2) is 0 Å². The van der Waals surface area contributed by atoms with Gasteiger partial charge in [-0.15, -0.1) is 0 Å². The molecular formula is C13H16N4. The molecule has 1 saturated heterocycles. The third-order valence-corrected chi connectivity index (χ3v) is 3.35. The summed E-state index contributed by atoms with van der Waals surface area (Å²) in [7, 11) is 0. The molecule has 88 valence electrons. The summed E-state index contributed by atoms with van der Waals surface area (Å²) in [4.78, 5) is 11.2. The number of nitrogens with zero attached hydrogens (tertiary/aromatic N) is 3. The Labute approximate surface area is 100 Å². The molecule has 0 saturated carbocycles. The molecule has 0 radical (unpaired) electrons. The summed E-state index contributed by atoms with van der Waals surface area (Å²) in [5.74, 6) is 1.04. The zero-order valence-corrected chi connectivity index (χ0v) is 9.71. The van der Waals surface area contributed by atoms with Crippen LogP contribution in [0.5, 0.6) is 0 Å². The average molecular weight is 228 g/mol. The lowest BCUT2D eigenvalue weighted by Crippen LogP contribution is -2.40. The summed E-state index contributed by atoms with van der Waals surface area (Å²) in [5, 5.41) is 1.13. The van der Waals surface area contributed by atoms with Crippen molar-refractivity contribution >= 4 is 16.7 Å². The number of hydrogen-bond donors (Lipinski definition) is 1. The summed E-state index contributed by atoms with van der Waals surface area (Å²) in [6, 6.07) is 6.34. The smallest absolute Gasteiger partial charge is 0.137 e. The van der Waals surface area contributed by atoms with Crippen molar-refractivity contribution in [2.45, 2.75) is 18.9 Å². The second-order valence-corrected chi connectivity index (χ2v) is 4.53. The molecule has 4 nitrogen and oxygen atoms in total. The van der Waals surface area contributed by atoms with Crippen molar-refractivity contribution in [1.29, 1.82) is 0 Å². The van der Waals surface area contributed by atoms with E-state index < -0.39 is 0 Å². The Balaban J connectivity index is 2.00. The highest BCUT2D eigenvalue weighted by Crippen LogP contribution is 2.24. The molecule has 1 aliphatic heterocycles. The highest BCUT2D eigenvalue weighted by molar-refractivity contribution is 5.89. The summed E-state index contributed by atoms with van der Waals surface area (Å²) < 4.78 is 0. The van der Waals surface area contributed by atoms with Gasteiger partial charge in [0, 0.05) is 36.9 Å². The van der Waals surface area contributed by atoms with Gasteiger partial charge in [0.05, 0.1) is 5.52 Å². The van der Waals surface area contributed by atoms with Crippen LogP contribution in [0.1, 0.15) is 12.8 Å². The lowest BCUT2D eigenvalue weighted by molar-refractivity contribution is 0.499. The van der Waals surface area contributed by atoms with Crippen LogP contribution in [0.15, 0.2) is 30.6 Å². The van der Waals surface area contributed by atoms with E-state index in [1.165, 1.54) is 0 Å². The Morgan fingerprint density at radius 1 is 1.12 bits per heavy atom. The maximum absolute atomic E-state index is 5.93. The molecule has 0 unspecified atom stereocenters. The van der Waals surface area contributed by atoms with E-state index in [1.807, 2.05) is 24.5 Å². The van der Waals surface area contributed by atoms with Crippen LogP contribution in [-0.2, 0) is 0 Å². The number of fused-ring (bicyclic) bond motifs is 1. The predicted molar refractivity (Wildman–Crippen MR) is 69.0 cm³/mol. The zero-order valence-electron chi connectivity index (χ0n) is 9.71. The molecule has 17 heavy (non-hydrogen) atoms. The summed E-state index contributed by atoms with van der Waals surface area (Å²) in [5.41, 5.74) is 6.94. The number of pyridine rings is 2. The molecule has 1 aliphatic rings. The lowest BCUT2D eigenvalue weighted by Gasteiger charge is -2.31. The Morgan fingerprint density at radius 2 is 1.94 bits per heavy atom. The van der Waals surface area contributed by atoms with Gasteiger partial charge < -0.3 is 10.6 Å². The van der Waals surface area contributed by atoms with Crippen LogP contribution in [0.4, 0.5) is 5.82 Å². The van der Waals surface area contributed by atoms with Crippen LogP contribution in [0.3, 0.4) is 0 Å². The number of hydrogen-bond acceptors (Lipinski definition) is 4. The topological polar surface area (TPSA) is 55.0 Å². The first-order valence-electron chi connectivity index (χ1n) is 6.05. The summed E-state index contributed by atoms with van der Waals surface area (Å²) >= 11 is 0. The van der Waals surface area contributed by atoms with Gasteiger partial charge in [0.2, 0.25) is 0 Å². The zero-order chi connectivity index (χ0) is 11.7. The van der Waals surface area contributed by atoms with Gasteiger partial charge in [-0.25, -0.2) is 4.98 Å². The van der Waals surface area contributed by atoms with Crippen LogP contribution in [0, 0.1) is 0 Å². The van der Waals surface area contributed by atoms with Crippen LogP contribution in [0.2, 0.25) is 0 Å². The van der Waals surface area contributed by atoms with Crippen molar-refractivity contribution in [2.24, 2.45) is 5.73 Å². The van der Waals surface area contributed by atoms with Crippen LogP contribution < -0.4 is 10.6 Å². The molecule has 2 N–H and O–H groups in total. The molecule has 4 heteroatoms. The van der Waals surface area contributed by atoms with E-state index >= 15 is 0 Å². The molecule has 3 rings (SSSR count). The monoisotopic (exact) mass is 228 g/mol. The van der Waals surface area contributed by atoms with E-state index in [4.69, 9.17) is 5.73 Å². The number of nitrogens with two attached hydrogens (primary N) is 1. The molecule has 2 aromatic rings. The van der Waals surface area contributed by atoms with Gasteiger partial charge in [-0.05, 0) is 31.0 Å². The minimum absolute atomic E-state index is 0.347. The van der Waals surface area contributed by atoms with Gasteiger partial charge in [0.1, 0.15) is 5.82 Å². The first-order valence-corrected chi connectivity index (χ1v) is 6.05. The van der Waals surface area contributed by atoms with Crippen molar-refractivity contribution in [3.8, 4) is 0 Å². The highest BCUT2D eigenvalue weighted by atomic mass is 15.2. The standard InChI is InChI=1S/C13H16N4/c14-10-4-8-17(9-5-10)13-11-2-1-6-15-12(11)3-7-16-13/h1-3,6-7,10H,4-5,8-9,14H2. The van der Waals surface area contributed by atoms with E-state index in [-0.39, 0.29) is 0 Å². The molecule has 0 bridgehead atoms. The Kier molecular flexibility index (Phi) is 2.65. The number of anilines is 1. The van der Waals surface area contributed by atoms with Gasteiger partial charge in [-0.2, -0.15) is 0 Å². The van der Waals surface area contributed by atoms with Crippen molar-refractivity contribution in [3.63, 3.8) is 0 Å². The molecule has 2 aromatic heterocycles. The van der Waals surface area contributed by atoms with E-state index in [2.05, 4.69) is 20.9 Å². The second-order valence-electron chi connectivity index (χ2n) is 4.53. The van der Waals surface area contributed by atoms with E-state index in [1.54, 1.807) is 0 Å². The fourth-order valence-electron chi connectivity index (χ4n) is 2.35. The average Bonchev–Trinajstić information content (AvgIpc) is 2.39. The molecule has 0 amide bonds. The third kappa shape index (κ3) is 1.96. The minimum atomic E-state index is 0.347. The quantitative estimate of drug-likeness (QED) is 0.804. The largest absolute Gasteiger partial charge is 0.356 e. The second kappa shape index (κ2) is 4.30. The maximum atomic E-state index is 5.93. The molecule has 0 spiro atoms. The number of piperidine rings is 1. The molecule has 0 atom stereocenters. The van der Waals surface area contributed by atoms with Crippen molar-refractivity contribution < 1.29 is 0 Å². The lowest BCUT2D eigenvalue weighted by atomic mass is 10.1. The molecule has 0 aromatic carbocycles. The molecular weight excluding hydrogens is 212 g/mol. The first-order chi connectivity index (χ1) is 8.34. The minimum Gasteiger partial charge on any atom is -0.356 e. The Morgan fingerprint density at radius 3 is 2.76 bits per heavy atom. The van der Waals surface area contributed by atoms with Crippen LogP contribution >= 0.6 is 0 Å². The van der Waals surface area contributed by atoms with Gasteiger partial charge in [0.25, 0.3) is 0 Å². The van der Waals surface area contributed by atoms with Gasteiger partial charge in [-0.3, -0.25) is 4.98 Å². The maximum Gasteiger partial charge on any atom is 0.137 e. The molecule has 0 aliphatic carbocycles. The highest BCUT2D eigenvalue weighted by Gasteiger charge is 2.18. The van der Waals surface area contributed by atoms with E-state index in [9.17, 15) is 0 Å². The SMILES string of the molecule is NC1CCN(c2nccc3ncccc23)CC1. The van der Waals surface area contributed by atoms with Crippen LogP contribution in [-0.4, -0.2) is 29.1 Å². The normalized spacial score (nSPS) is 17.6. The summed E-state index contributed by atoms with van der Waals surface area (Å²) in [6.45, 7) is 1.98. The van der Waals surface area contributed by atoms with E-state index in [0.717, 1.165) is 42.7 Å². The molecule has 3 heterocycles. The van der Waals surface area contributed by atoms with Gasteiger partial charge >= 0.3 is 0 Å². The van der Waals surface area contributed by atoms with Crippen molar-refractivity contribution in [1.82, 2.24) is 9.97 Å². The van der Waals surface area contributed by atoms with E-state index in [0.29, 0.717) is 6.04 Å². The Hall–Kier alpha value is -1.68. The first kappa shape index (κ1) is 10.5. The summed E-state index contributed by atoms with van der Waals surface area (Å²) in [6.07, 6.45) is 5.73. The number of aromatic nitrogens is 2. The third-order valence-electron chi connectivity index (χ3n) is 3.35.